The van der Waals surface area contributed by atoms with Crippen LogP contribution in [-0.4, -0.2) is 31.2 Å². The Morgan fingerprint density at radius 1 is 1.29 bits per heavy atom. The zero-order valence-corrected chi connectivity index (χ0v) is 8.51. The van der Waals surface area contributed by atoms with Crippen LogP contribution >= 0.6 is 0 Å². The van der Waals surface area contributed by atoms with Gasteiger partial charge in [-0.15, -0.1) is 0 Å². The van der Waals surface area contributed by atoms with E-state index in [9.17, 15) is 17.2 Å². The number of sulfonamides is 1. The summed E-state index contributed by atoms with van der Waals surface area (Å²) in [5.74, 6) is -3.37. The predicted molar refractivity (Wildman–Crippen MR) is 48.1 cm³/mol. The molecule has 4 nitrogen and oxygen atoms in total. The average molecular weight is 228 g/mol. The lowest BCUT2D eigenvalue weighted by Crippen LogP contribution is -2.47. The summed E-state index contributed by atoms with van der Waals surface area (Å²) in [7, 11) is -4.50. The molecule has 1 heterocycles. The molecule has 14 heavy (non-hydrogen) atoms. The number of nitrogens with two attached hydrogens (primary N) is 1. The van der Waals surface area contributed by atoms with Gasteiger partial charge in [-0.1, -0.05) is 12.8 Å². The van der Waals surface area contributed by atoms with Crippen molar-refractivity contribution in [1.82, 2.24) is 4.31 Å². The summed E-state index contributed by atoms with van der Waals surface area (Å²) in [6.45, 7) is 0.105. The monoisotopic (exact) mass is 228 g/mol. The molecule has 0 amide bonds. The number of hydrogen-bond acceptors (Lipinski definition) is 3. The largest absolute Gasteiger partial charge is 0.350 e. The van der Waals surface area contributed by atoms with Gasteiger partial charge in [0.2, 0.25) is 0 Å². The van der Waals surface area contributed by atoms with Gasteiger partial charge in [0, 0.05) is 6.54 Å². The normalized spacial score (nSPS) is 26.4. The van der Waals surface area contributed by atoms with Gasteiger partial charge in [-0.25, -0.2) is 8.42 Å². The molecule has 1 atom stereocenters. The second-order valence-corrected chi connectivity index (χ2v) is 5.19. The van der Waals surface area contributed by atoms with Gasteiger partial charge in [-0.05, 0) is 12.8 Å². The van der Waals surface area contributed by atoms with Crippen LogP contribution in [0.2, 0.25) is 0 Å². The molecule has 1 fully saturated rings. The van der Waals surface area contributed by atoms with Gasteiger partial charge in [0.1, 0.15) is 0 Å². The molecule has 0 saturated carbocycles. The zero-order chi connectivity index (χ0) is 10.8. The van der Waals surface area contributed by atoms with Crippen LogP contribution in [0.3, 0.4) is 0 Å². The van der Waals surface area contributed by atoms with Crippen molar-refractivity contribution in [2.24, 2.45) is 5.73 Å². The van der Waals surface area contributed by atoms with E-state index < -0.39 is 21.9 Å². The third kappa shape index (κ3) is 2.40. The van der Waals surface area contributed by atoms with Crippen molar-refractivity contribution in [3.05, 3.63) is 0 Å². The molecule has 84 valence electrons. The molecule has 7 heteroatoms. The summed E-state index contributed by atoms with van der Waals surface area (Å²) < 4.78 is 47.5. The maximum atomic E-state index is 12.2. The van der Waals surface area contributed by atoms with Crippen molar-refractivity contribution in [3.63, 3.8) is 0 Å². The molecule has 1 unspecified atom stereocenters. The molecule has 1 saturated heterocycles. The fourth-order valence-corrected chi connectivity index (χ4v) is 2.60. The molecule has 0 radical (unpaired) electrons. The highest BCUT2D eigenvalue weighted by Gasteiger charge is 2.35. The van der Waals surface area contributed by atoms with Gasteiger partial charge in [0.05, 0.1) is 6.17 Å². The van der Waals surface area contributed by atoms with Crippen LogP contribution in [0.1, 0.15) is 25.7 Å². The van der Waals surface area contributed by atoms with Crippen LogP contribution in [0.25, 0.3) is 0 Å². The van der Waals surface area contributed by atoms with Crippen molar-refractivity contribution in [1.29, 1.82) is 0 Å². The van der Waals surface area contributed by atoms with Crippen molar-refractivity contribution >= 4 is 10.0 Å². The Labute approximate surface area is 82.1 Å². The van der Waals surface area contributed by atoms with Gasteiger partial charge >= 0.3 is 5.76 Å². The quantitative estimate of drug-likeness (QED) is 0.756. The predicted octanol–water partition coefficient (Wildman–Crippen LogP) is 0.700. The molecule has 1 aliphatic heterocycles. The van der Waals surface area contributed by atoms with Crippen LogP contribution in [0, 0.1) is 0 Å². The van der Waals surface area contributed by atoms with Crippen molar-refractivity contribution in [3.8, 4) is 0 Å². The number of halogens is 2. The summed E-state index contributed by atoms with van der Waals surface area (Å²) in [6, 6.07) is 0. The van der Waals surface area contributed by atoms with Gasteiger partial charge in [-0.3, -0.25) is 0 Å². The Morgan fingerprint density at radius 2 is 1.93 bits per heavy atom. The Kier molecular flexibility index (Phi) is 3.79. The first-order valence-electron chi connectivity index (χ1n) is 4.50. The summed E-state index contributed by atoms with van der Waals surface area (Å²) in [5.41, 5.74) is 5.52. The minimum Gasteiger partial charge on any atom is -0.315 e. The Balaban J connectivity index is 2.83. The van der Waals surface area contributed by atoms with Crippen molar-refractivity contribution < 1.29 is 17.2 Å². The average Bonchev–Trinajstić information content (AvgIpc) is 2.29. The molecule has 0 aromatic heterocycles. The molecule has 2 N–H and O–H groups in total. The first-order valence-corrected chi connectivity index (χ1v) is 6.01. The van der Waals surface area contributed by atoms with Gasteiger partial charge in [0.15, 0.2) is 0 Å². The van der Waals surface area contributed by atoms with E-state index in [0.717, 1.165) is 17.1 Å². The topological polar surface area (TPSA) is 63.4 Å². The van der Waals surface area contributed by atoms with Crippen LogP contribution in [0.5, 0.6) is 0 Å². The Morgan fingerprint density at radius 3 is 2.50 bits per heavy atom. The number of alkyl halides is 2. The standard InChI is InChI=1S/C7H14F2N2O2S/c8-7(9)14(12,13)11-5-3-1-2-4-6(11)10/h6-7H,1-5,10H2. The van der Waals surface area contributed by atoms with E-state index in [1.165, 1.54) is 0 Å². The summed E-state index contributed by atoms with van der Waals surface area (Å²) >= 11 is 0. The van der Waals surface area contributed by atoms with E-state index in [1.807, 2.05) is 0 Å². The maximum Gasteiger partial charge on any atom is 0.350 e. The third-order valence-electron chi connectivity index (χ3n) is 2.30. The van der Waals surface area contributed by atoms with Crippen LogP contribution in [-0.2, 0) is 10.0 Å². The van der Waals surface area contributed by atoms with E-state index in [0.29, 0.717) is 12.8 Å². The van der Waals surface area contributed by atoms with Crippen LogP contribution < -0.4 is 5.73 Å². The Bertz CT molecular complexity index is 281. The second kappa shape index (κ2) is 4.50. The molecule has 0 spiro atoms. The fraction of sp³-hybridized carbons (Fsp3) is 1.00. The maximum absolute atomic E-state index is 12.2. The lowest BCUT2D eigenvalue weighted by Gasteiger charge is -2.25. The highest BCUT2D eigenvalue weighted by atomic mass is 32.2. The molecular formula is C7H14F2N2O2S. The zero-order valence-electron chi connectivity index (χ0n) is 7.70. The lowest BCUT2D eigenvalue weighted by molar-refractivity contribution is 0.209. The number of nitrogens with zero attached hydrogens (tertiary/aromatic N) is 1. The smallest absolute Gasteiger partial charge is 0.315 e. The molecule has 0 aromatic rings. The van der Waals surface area contributed by atoms with Gasteiger partial charge in [0.25, 0.3) is 10.0 Å². The van der Waals surface area contributed by atoms with Crippen molar-refractivity contribution in [2.45, 2.75) is 37.6 Å². The van der Waals surface area contributed by atoms with Gasteiger partial charge < -0.3 is 5.73 Å². The third-order valence-corrected chi connectivity index (χ3v) is 3.86. The highest BCUT2D eigenvalue weighted by Crippen LogP contribution is 2.20. The summed E-state index contributed by atoms with van der Waals surface area (Å²) in [4.78, 5) is 0. The molecule has 0 aromatic carbocycles. The fourth-order valence-electron chi connectivity index (χ4n) is 1.53. The second-order valence-electron chi connectivity index (χ2n) is 3.33. The Hall–Kier alpha value is -0.270. The van der Waals surface area contributed by atoms with E-state index in [2.05, 4.69) is 0 Å². The van der Waals surface area contributed by atoms with Crippen LogP contribution in [0.4, 0.5) is 8.78 Å². The number of hydrogen-bond donors (Lipinski definition) is 1. The summed E-state index contributed by atoms with van der Waals surface area (Å²) in [5, 5.41) is 0. The molecule has 1 rings (SSSR count). The number of rotatable bonds is 2. The summed E-state index contributed by atoms with van der Waals surface area (Å²) in [6.07, 6.45) is 1.88. The first-order chi connectivity index (χ1) is 6.46. The molecule has 0 bridgehead atoms. The van der Waals surface area contributed by atoms with E-state index >= 15 is 0 Å². The molecular weight excluding hydrogens is 214 g/mol. The van der Waals surface area contributed by atoms with Gasteiger partial charge in [-0.2, -0.15) is 13.1 Å². The SMILES string of the molecule is NC1CCCCCN1S(=O)(=O)C(F)F. The molecule has 1 aliphatic rings. The lowest BCUT2D eigenvalue weighted by atomic mass is 10.2. The first kappa shape index (κ1) is 11.8. The van der Waals surface area contributed by atoms with E-state index in [-0.39, 0.29) is 6.54 Å². The highest BCUT2D eigenvalue weighted by molar-refractivity contribution is 7.89. The van der Waals surface area contributed by atoms with Crippen LogP contribution in [0.15, 0.2) is 0 Å². The molecule has 0 aliphatic carbocycles. The minimum atomic E-state index is -4.50. The van der Waals surface area contributed by atoms with E-state index in [4.69, 9.17) is 5.73 Å². The minimum absolute atomic E-state index is 0.105. The van der Waals surface area contributed by atoms with E-state index in [1.54, 1.807) is 0 Å². The van der Waals surface area contributed by atoms with Crippen molar-refractivity contribution in [2.75, 3.05) is 6.54 Å².